The van der Waals surface area contributed by atoms with Crippen molar-refractivity contribution in [3.05, 3.63) is 35.4 Å². The van der Waals surface area contributed by atoms with Crippen molar-refractivity contribution in [2.24, 2.45) is 0 Å². The molecule has 0 unspecified atom stereocenters. The third-order valence-electron chi connectivity index (χ3n) is 2.55. The molecule has 2 N–H and O–H groups in total. The SMILES string of the molecule is O=C1C=CC(=O)c2c1cc(S(=O)(=O)O)cc2S(=O)(=O)O. The number of hydrogen-bond donors (Lipinski definition) is 2. The summed E-state index contributed by atoms with van der Waals surface area (Å²) in [5.41, 5.74) is -1.16. The Morgan fingerprint density at radius 1 is 0.800 bits per heavy atom. The first-order valence-electron chi connectivity index (χ1n) is 4.91. The highest BCUT2D eigenvalue weighted by atomic mass is 32.2. The smallest absolute Gasteiger partial charge is 0.289 e. The van der Waals surface area contributed by atoms with Gasteiger partial charge in [0.05, 0.1) is 10.5 Å². The van der Waals surface area contributed by atoms with Crippen molar-refractivity contribution < 1.29 is 35.5 Å². The van der Waals surface area contributed by atoms with Crippen molar-refractivity contribution >= 4 is 31.8 Å². The summed E-state index contributed by atoms with van der Waals surface area (Å²) < 4.78 is 62.5. The topological polar surface area (TPSA) is 143 Å². The van der Waals surface area contributed by atoms with Crippen LogP contribution in [0.2, 0.25) is 0 Å². The van der Waals surface area contributed by atoms with Crippen LogP contribution in [0.4, 0.5) is 0 Å². The van der Waals surface area contributed by atoms with E-state index in [0.717, 1.165) is 12.2 Å². The van der Waals surface area contributed by atoms with Crippen LogP contribution >= 0.6 is 0 Å². The van der Waals surface area contributed by atoms with Crippen molar-refractivity contribution in [3.63, 3.8) is 0 Å². The Kier molecular flexibility index (Phi) is 3.13. The van der Waals surface area contributed by atoms with Crippen LogP contribution < -0.4 is 0 Å². The van der Waals surface area contributed by atoms with E-state index in [4.69, 9.17) is 9.11 Å². The molecule has 8 nitrogen and oxygen atoms in total. The Morgan fingerprint density at radius 3 is 1.85 bits per heavy atom. The fourth-order valence-electron chi connectivity index (χ4n) is 1.72. The van der Waals surface area contributed by atoms with Crippen LogP contribution in [0.15, 0.2) is 34.1 Å². The van der Waals surface area contributed by atoms with Gasteiger partial charge in [0, 0.05) is 5.56 Å². The van der Waals surface area contributed by atoms with Crippen molar-refractivity contribution in [1.82, 2.24) is 0 Å². The average Bonchev–Trinajstić information content (AvgIpc) is 2.30. The summed E-state index contributed by atoms with van der Waals surface area (Å²) in [7, 11) is -9.79. The highest BCUT2D eigenvalue weighted by Gasteiger charge is 2.30. The molecule has 0 atom stereocenters. The highest BCUT2D eigenvalue weighted by molar-refractivity contribution is 7.86. The van der Waals surface area contributed by atoms with Crippen LogP contribution in [-0.2, 0) is 20.2 Å². The van der Waals surface area contributed by atoms with Gasteiger partial charge in [-0.2, -0.15) is 16.8 Å². The predicted octanol–water partition coefficient (Wildman–Crippen LogP) is 0.115. The third kappa shape index (κ3) is 2.41. The summed E-state index contributed by atoms with van der Waals surface area (Å²) in [5, 5.41) is 0. The van der Waals surface area contributed by atoms with Crippen LogP contribution in [0.3, 0.4) is 0 Å². The Morgan fingerprint density at radius 2 is 1.35 bits per heavy atom. The Labute approximate surface area is 113 Å². The summed E-state index contributed by atoms with van der Waals surface area (Å²) in [6.07, 6.45) is 1.62. The molecule has 0 saturated heterocycles. The fraction of sp³-hybridized carbons (Fsp3) is 0. The average molecular weight is 318 g/mol. The monoisotopic (exact) mass is 318 g/mol. The van der Waals surface area contributed by atoms with Gasteiger partial charge in [-0.3, -0.25) is 18.7 Å². The fourth-order valence-corrected chi connectivity index (χ4v) is 3.07. The van der Waals surface area contributed by atoms with Crippen LogP contribution in [-0.4, -0.2) is 37.5 Å². The zero-order chi connectivity index (χ0) is 15.3. The van der Waals surface area contributed by atoms with Crippen LogP contribution in [0.1, 0.15) is 20.7 Å². The molecule has 10 heteroatoms. The second kappa shape index (κ2) is 4.31. The summed E-state index contributed by atoms with van der Waals surface area (Å²) in [5.74, 6) is -1.70. The number of carbonyl (C=O) groups excluding carboxylic acids is 2. The Hall–Kier alpha value is -1.88. The molecule has 0 aliphatic heterocycles. The molecule has 0 bridgehead atoms. The second-order valence-electron chi connectivity index (χ2n) is 3.86. The molecule has 0 fully saturated rings. The Bertz CT molecular complexity index is 874. The predicted molar refractivity (Wildman–Crippen MR) is 63.9 cm³/mol. The number of ketones is 2. The first-order chi connectivity index (χ1) is 9.01. The third-order valence-corrected chi connectivity index (χ3v) is 4.26. The summed E-state index contributed by atoms with van der Waals surface area (Å²) in [6.45, 7) is 0. The lowest BCUT2D eigenvalue weighted by molar-refractivity contribution is 0.0991. The van der Waals surface area contributed by atoms with Gasteiger partial charge in [0.15, 0.2) is 11.6 Å². The lowest BCUT2D eigenvalue weighted by atomic mass is 9.95. The molecule has 0 saturated carbocycles. The number of hydrogen-bond acceptors (Lipinski definition) is 6. The minimum absolute atomic E-state index is 0.411. The van der Waals surface area contributed by atoms with Crippen LogP contribution in [0.25, 0.3) is 0 Å². The van der Waals surface area contributed by atoms with Crippen LogP contribution in [0.5, 0.6) is 0 Å². The molecular weight excluding hydrogens is 312 g/mol. The van der Waals surface area contributed by atoms with E-state index in [2.05, 4.69) is 0 Å². The molecule has 0 aromatic heterocycles. The minimum atomic E-state index is -4.97. The summed E-state index contributed by atoms with van der Waals surface area (Å²) in [4.78, 5) is 21.3. The highest BCUT2D eigenvalue weighted by Crippen LogP contribution is 2.28. The van der Waals surface area contributed by atoms with Gasteiger partial charge in [-0.1, -0.05) is 0 Å². The zero-order valence-corrected chi connectivity index (χ0v) is 11.1. The molecule has 1 aliphatic rings. The number of allylic oxidation sites excluding steroid dienone is 2. The summed E-state index contributed by atoms with van der Waals surface area (Å²) >= 11 is 0. The van der Waals surface area contributed by atoms with Crippen molar-refractivity contribution in [2.75, 3.05) is 0 Å². The number of benzene rings is 1. The molecule has 0 radical (unpaired) electrons. The molecule has 20 heavy (non-hydrogen) atoms. The Balaban J connectivity index is 2.99. The molecule has 0 spiro atoms. The van der Waals surface area contributed by atoms with Crippen molar-refractivity contribution in [3.8, 4) is 0 Å². The normalized spacial score (nSPS) is 15.3. The van der Waals surface area contributed by atoms with Crippen LogP contribution in [0, 0.1) is 0 Å². The quantitative estimate of drug-likeness (QED) is 0.732. The number of carbonyl (C=O) groups is 2. The maximum atomic E-state index is 11.6. The molecular formula is C10H6O8S2. The largest absolute Gasteiger partial charge is 0.295 e. The van der Waals surface area contributed by atoms with Gasteiger partial charge < -0.3 is 0 Å². The molecule has 1 aromatic carbocycles. The lowest BCUT2D eigenvalue weighted by Crippen LogP contribution is -2.18. The van der Waals surface area contributed by atoms with Gasteiger partial charge >= 0.3 is 0 Å². The van der Waals surface area contributed by atoms with E-state index in [1.807, 2.05) is 0 Å². The molecule has 1 aromatic rings. The number of rotatable bonds is 2. The van der Waals surface area contributed by atoms with Crippen molar-refractivity contribution in [2.45, 2.75) is 9.79 Å². The summed E-state index contributed by atoms with van der Waals surface area (Å²) in [6, 6.07) is 1.08. The number of fused-ring (bicyclic) bond motifs is 1. The maximum absolute atomic E-state index is 11.6. The molecule has 106 valence electrons. The lowest BCUT2D eigenvalue weighted by Gasteiger charge is -2.13. The van der Waals surface area contributed by atoms with E-state index in [1.54, 1.807) is 0 Å². The second-order valence-corrected chi connectivity index (χ2v) is 6.67. The maximum Gasteiger partial charge on any atom is 0.295 e. The molecule has 2 rings (SSSR count). The van der Waals surface area contributed by atoms with Gasteiger partial charge in [0.2, 0.25) is 0 Å². The molecule has 0 heterocycles. The van der Waals surface area contributed by atoms with Gasteiger partial charge in [0.1, 0.15) is 4.90 Å². The van der Waals surface area contributed by atoms with E-state index in [-0.39, 0.29) is 0 Å². The zero-order valence-electron chi connectivity index (χ0n) is 9.47. The first-order valence-corrected chi connectivity index (χ1v) is 7.79. The first kappa shape index (κ1) is 14.5. The van der Waals surface area contributed by atoms with E-state index >= 15 is 0 Å². The van der Waals surface area contributed by atoms with E-state index < -0.39 is 52.7 Å². The molecule has 0 amide bonds. The van der Waals surface area contributed by atoms with E-state index in [0.29, 0.717) is 12.1 Å². The van der Waals surface area contributed by atoms with E-state index in [1.165, 1.54) is 0 Å². The van der Waals surface area contributed by atoms with Crippen molar-refractivity contribution in [1.29, 1.82) is 0 Å². The van der Waals surface area contributed by atoms with Gasteiger partial charge in [-0.25, -0.2) is 0 Å². The molecule has 1 aliphatic carbocycles. The van der Waals surface area contributed by atoms with Gasteiger partial charge in [0.25, 0.3) is 20.2 Å². The standard InChI is InChI=1S/C10H6O8S2/c11-7-1-2-8(12)10-6(7)3-5(19(13,14)15)4-9(10)20(16,17)18/h1-4H,(H,13,14,15)(H,16,17,18). The minimum Gasteiger partial charge on any atom is -0.289 e. The van der Waals surface area contributed by atoms with E-state index in [9.17, 15) is 26.4 Å². The van der Waals surface area contributed by atoms with Gasteiger partial charge in [-0.15, -0.1) is 0 Å². The van der Waals surface area contributed by atoms with Gasteiger partial charge in [-0.05, 0) is 24.3 Å².